The maximum absolute atomic E-state index is 13.1. The highest BCUT2D eigenvalue weighted by Crippen LogP contribution is 2.11. The lowest BCUT2D eigenvalue weighted by molar-refractivity contribution is -0.114. The Hall–Kier alpha value is -1.51. The lowest BCUT2D eigenvalue weighted by Gasteiger charge is -2.00. The van der Waals surface area contributed by atoms with E-state index in [1.165, 1.54) is 12.1 Å². The summed E-state index contributed by atoms with van der Waals surface area (Å²) in [5, 5.41) is 0. The molecule has 1 aromatic rings. The van der Waals surface area contributed by atoms with Gasteiger partial charge in [0.25, 0.3) is 0 Å². The number of allylic oxidation sites excluding steroid dienone is 2. The highest BCUT2D eigenvalue weighted by Gasteiger charge is 2.07. The molecule has 0 saturated carbocycles. The molecule has 1 aromatic carbocycles. The first-order valence-corrected chi connectivity index (χ1v) is 4.60. The van der Waals surface area contributed by atoms with E-state index in [4.69, 9.17) is 0 Å². The second kappa shape index (κ2) is 4.82. The Bertz CT molecular complexity index is 404. The van der Waals surface area contributed by atoms with E-state index in [0.717, 1.165) is 17.7 Å². The van der Waals surface area contributed by atoms with Crippen LogP contribution in [0.25, 0.3) is 0 Å². The van der Waals surface area contributed by atoms with E-state index in [2.05, 4.69) is 0 Å². The van der Waals surface area contributed by atoms with Crippen molar-refractivity contribution in [3.8, 4) is 0 Å². The van der Waals surface area contributed by atoms with Crippen LogP contribution in [0.4, 0.5) is 8.78 Å². The van der Waals surface area contributed by atoms with Crippen molar-refractivity contribution in [2.45, 2.75) is 20.3 Å². The number of halogens is 2. The summed E-state index contributed by atoms with van der Waals surface area (Å²) >= 11 is 0. The van der Waals surface area contributed by atoms with E-state index in [-0.39, 0.29) is 17.8 Å². The van der Waals surface area contributed by atoms with Crippen molar-refractivity contribution < 1.29 is 13.6 Å². The number of ketones is 1. The predicted molar refractivity (Wildman–Crippen MR) is 54.5 cm³/mol. The van der Waals surface area contributed by atoms with Gasteiger partial charge in [0.2, 0.25) is 0 Å². The molecule has 0 bridgehead atoms. The fraction of sp³-hybridized carbons (Fsp3) is 0.250. The van der Waals surface area contributed by atoms with Crippen molar-refractivity contribution in [3.05, 3.63) is 47.0 Å². The fourth-order valence-corrected chi connectivity index (χ4v) is 1.23. The van der Waals surface area contributed by atoms with Gasteiger partial charge in [-0.25, -0.2) is 8.78 Å². The Morgan fingerprint density at radius 1 is 1.33 bits per heavy atom. The minimum atomic E-state index is -0.675. The van der Waals surface area contributed by atoms with Gasteiger partial charge in [0.05, 0.1) is 0 Å². The Morgan fingerprint density at radius 2 is 2.00 bits per heavy atom. The fourth-order valence-electron chi connectivity index (χ4n) is 1.23. The van der Waals surface area contributed by atoms with Crippen LogP contribution in [-0.2, 0) is 11.2 Å². The molecule has 0 aliphatic rings. The van der Waals surface area contributed by atoms with Gasteiger partial charge in [-0.15, -0.1) is 0 Å². The molecule has 0 amide bonds. The highest BCUT2D eigenvalue weighted by molar-refractivity contribution is 5.91. The van der Waals surface area contributed by atoms with E-state index < -0.39 is 11.6 Å². The van der Waals surface area contributed by atoms with Crippen LogP contribution >= 0.6 is 0 Å². The van der Waals surface area contributed by atoms with Gasteiger partial charge in [0.1, 0.15) is 11.6 Å². The van der Waals surface area contributed by atoms with Crippen LogP contribution < -0.4 is 0 Å². The van der Waals surface area contributed by atoms with Crippen LogP contribution in [0.15, 0.2) is 29.8 Å². The molecule has 0 aromatic heterocycles. The maximum Gasteiger partial charge on any atom is 0.160 e. The largest absolute Gasteiger partial charge is 0.294 e. The number of benzene rings is 1. The first-order valence-electron chi connectivity index (χ1n) is 4.60. The summed E-state index contributed by atoms with van der Waals surface area (Å²) in [7, 11) is 0. The number of hydrogen-bond acceptors (Lipinski definition) is 1. The summed E-state index contributed by atoms with van der Waals surface area (Å²) in [5.74, 6) is -1.49. The monoisotopic (exact) mass is 210 g/mol. The molecule has 0 saturated heterocycles. The summed E-state index contributed by atoms with van der Waals surface area (Å²) in [6.07, 6.45) is 1.42. The number of rotatable bonds is 3. The van der Waals surface area contributed by atoms with Crippen LogP contribution in [-0.4, -0.2) is 5.78 Å². The van der Waals surface area contributed by atoms with E-state index in [9.17, 15) is 13.6 Å². The summed E-state index contributed by atoms with van der Waals surface area (Å²) in [5.41, 5.74) is 1.08. The molecule has 80 valence electrons. The van der Waals surface area contributed by atoms with Gasteiger partial charge in [0, 0.05) is 12.5 Å². The zero-order valence-corrected chi connectivity index (χ0v) is 8.68. The molecule has 0 heterocycles. The second-order valence-corrected chi connectivity index (χ2v) is 3.60. The number of carbonyl (C=O) groups is 1. The molecule has 1 rings (SSSR count). The molecule has 0 fully saturated rings. The molecule has 0 radical (unpaired) electrons. The molecular weight excluding hydrogens is 198 g/mol. The summed E-state index contributed by atoms with van der Waals surface area (Å²) in [6.45, 7) is 3.58. The van der Waals surface area contributed by atoms with E-state index in [1.807, 2.05) is 0 Å². The number of hydrogen-bond donors (Lipinski definition) is 0. The topological polar surface area (TPSA) is 17.1 Å². The predicted octanol–water partition coefficient (Wildman–Crippen LogP) is 3.04. The van der Waals surface area contributed by atoms with Gasteiger partial charge in [-0.2, -0.15) is 0 Å². The second-order valence-electron chi connectivity index (χ2n) is 3.60. The van der Waals surface area contributed by atoms with Crippen molar-refractivity contribution in [1.82, 2.24) is 0 Å². The Balaban J connectivity index is 2.82. The minimum absolute atomic E-state index is 0.0305. The first kappa shape index (κ1) is 11.6. The van der Waals surface area contributed by atoms with Gasteiger partial charge in [0.15, 0.2) is 5.78 Å². The van der Waals surface area contributed by atoms with Crippen LogP contribution in [0.3, 0.4) is 0 Å². The van der Waals surface area contributed by atoms with Crippen molar-refractivity contribution in [1.29, 1.82) is 0 Å². The number of carbonyl (C=O) groups excluding carboxylic acids is 1. The summed E-state index contributed by atoms with van der Waals surface area (Å²) in [6, 6.07) is 3.22. The SMILES string of the molecule is CC(C)=CC(=O)Cc1ccc(F)cc1F. The van der Waals surface area contributed by atoms with Crippen molar-refractivity contribution in [3.63, 3.8) is 0 Å². The van der Waals surface area contributed by atoms with E-state index in [0.29, 0.717) is 0 Å². The van der Waals surface area contributed by atoms with Gasteiger partial charge in [-0.1, -0.05) is 11.6 Å². The van der Waals surface area contributed by atoms with Gasteiger partial charge >= 0.3 is 0 Å². The molecule has 0 spiro atoms. The molecule has 15 heavy (non-hydrogen) atoms. The summed E-state index contributed by atoms with van der Waals surface area (Å²) < 4.78 is 25.7. The Morgan fingerprint density at radius 3 is 2.53 bits per heavy atom. The molecule has 3 heteroatoms. The van der Waals surface area contributed by atoms with Crippen LogP contribution in [0.1, 0.15) is 19.4 Å². The first-order chi connectivity index (χ1) is 6.99. The normalized spacial score (nSPS) is 9.87. The molecule has 0 unspecified atom stereocenters. The van der Waals surface area contributed by atoms with Crippen molar-refractivity contribution in [2.75, 3.05) is 0 Å². The van der Waals surface area contributed by atoms with Gasteiger partial charge in [-0.3, -0.25) is 4.79 Å². The quantitative estimate of drug-likeness (QED) is 0.701. The van der Waals surface area contributed by atoms with Crippen molar-refractivity contribution in [2.24, 2.45) is 0 Å². The third kappa shape index (κ3) is 3.62. The zero-order valence-electron chi connectivity index (χ0n) is 8.68. The van der Waals surface area contributed by atoms with E-state index in [1.54, 1.807) is 13.8 Å². The minimum Gasteiger partial charge on any atom is -0.294 e. The average Bonchev–Trinajstić information content (AvgIpc) is 2.08. The lowest BCUT2D eigenvalue weighted by atomic mass is 10.1. The van der Waals surface area contributed by atoms with Gasteiger partial charge in [-0.05, 0) is 31.6 Å². The van der Waals surface area contributed by atoms with Crippen LogP contribution in [0.5, 0.6) is 0 Å². The molecule has 0 N–H and O–H groups in total. The maximum atomic E-state index is 13.1. The highest BCUT2D eigenvalue weighted by atomic mass is 19.1. The Labute approximate surface area is 87.4 Å². The van der Waals surface area contributed by atoms with Crippen LogP contribution in [0.2, 0.25) is 0 Å². The third-order valence-corrected chi connectivity index (χ3v) is 1.83. The standard InChI is InChI=1S/C12H12F2O/c1-8(2)5-11(15)6-9-3-4-10(13)7-12(9)14/h3-5,7H,6H2,1-2H3. The third-order valence-electron chi connectivity index (χ3n) is 1.83. The molecule has 0 atom stereocenters. The molecular formula is C12H12F2O. The smallest absolute Gasteiger partial charge is 0.160 e. The summed E-state index contributed by atoms with van der Waals surface area (Å²) in [4.78, 5) is 11.3. The molecule has 0 aliphatic heterocycles. The molecule has 1 nitrogen and oxygen atoms in total. The average molecular weight is 210 g/mol. The van der Waals surface area contributed by atoms with Gasteiger partial charge < -0.3 is 0 Å². The van der Waals surface area contributed by atoms with Crippen LogP contribution in [0, 0.1) is 11.6 Å². The van der Waals surface area contributed by atoms with Crippen molar-refractivity contribution >= 4 is 5.78 Å². The lowest BCUT2D eigenvalue weighted by Crippen LogP contribution is -2.02. The Kier molecular flexibility index (Phi) is 3.72. The van der Waals surface area contributed by atoms with E-state index >= 15 is 0 Å². The zero-order chi connectivity index (χ0) is 11.4. The molecule has 0 aliphatic carbocycles.